The fourth-order valence-electron chi connectivity index (χ4n) is 9.86. The fourth-order valence-corrected chi connectivity index (χ4v) is 9.86. The second-order valence-electron chi connectivity index (χ2n) is 15.0. The Labute approximate surface area is 329 Å². The molecule has 0 saturated carbocycles. The summed E-state index contributed by atoms with van der Waals surface area (Å²) in [6, 6.07) is 66.3. The average Bonchev–Trinajstić information content (AvgIpc) is 3.92. The van der Waals surface area contributed by atoms with Gasteiger partial charge < -0.3 is 9.13 Å². The number of hydrogen-bond donors (Lipinski definition) is 0. The minimum absolute atomic E-state index is 0.483. The number of hydrogen-bond acceptors (Lipinski definition) is 2. The van der Waals surface area contributed by atoms with E-state index in [9.17, 15) is 0 Å². The molecule has 1 aliphatic carbocycles. The van der Waals surface area contributed by atoms with Gasteiger partial charge in [-0.2, -0.15) is 0 Å². The Balaban J connectivity index is 1.01. The van der Waals surface area contributed by atoms with Crippen LogP contribution in [0.15, 0.2) is 207 Å². The molecule has 0 unspecified atom stereocenters. The topological polar surface area (TPSA) is 35.6 Å². The van der Waals surface area contributed by atoms with Gasteiger partial charge in [-0.1, -0.05) is 127 Å². The highest BCUT2D eigenvalue weighted by Gasteiger charge is 2.47. The molecule has 0 bridgehead atoms. The minimum atomic E-state index is -0.483. The number of rotatable bonds is 5. The SMILES string of the molecule is c1ccc(C2(c3ccccc3)c3ccncc3-c3c2ccc2c3c3ccccc3n2-c2ccc(-c3ccc(-n4c5ccccc5c5cnccc54)cc3)cc2)cc1. The molecule has 4 heterocycles. The molecule has 57 heavy (non-hydrogen) atoms. The zero-order valence-electron chi connectivity index (χ0n) is 30.9. The van der Waals surface area contributed by atoms with E-state index < -0.39 is 5.41 Å². The zero-order valence-corrected chi connectivity index (χ0v) is 30.9. The standard InChI is InChI=1S/C53H34N4/c1-3-11-37(12-4-1)53(38-13-5-2-6-14-38)45-29-31-54-34-44(45)51-46(53)27-28-50-52(51)42-16-8-10-18-48(42)57(50)40-25-21-36(22-26-40)35-19-23-39(24-20-35)56-47-17-9-7-15-41(47)43-33-55-32-30-49(43)56/h1-34H. The molecule has 0 radical (unpaired) electrons. The first-order valence-electron chi connectivity index (χ1n) is 19.5. The molecule has 0 aliphatic heterocycles. The van der Waals surface area contributed by atoms with Crippen molar-refractivity contribution in [2.24, 2.45) is 0 Å². The van der Waals surface area contributed by atoms with E-state index in [0.717, 1.165) is 22.3 Å². The highest BCUT2D eigenvalue weighted by molar-refractivity contribution is 6.18. The van der Waals surface area contributed by atoms with Crippen LogP contribution in [-0.4, -0.2) is 19.1 Å². The van der Waals surface area contributed by atoms with Gasteiger partial charge in [-0.15, -0.1) is 0 Å². The van der Waals surface area contributed by atoms with E-state index in [1.54, 1.807) is 0 Å². The number of benzene rings is 7. The highest BCUT2D eigenvalue weighted by atomic mass is 15.0. The maximum atomic E-state index is 4.73. The summed E-state index contributed by atoms with van der Waals surface area (Å²) in [6.07, 6.45) is 7.86. The molecule has 4 heteroatoms. The van der Waals surface area contributed by atoms with Gasteiger partial charge in [-0.25, -0.2) is 0 Å². The molecule has 0 amide bonds. The van der Waals surface area contributed by atoms with Gasteiger partial charge in [0.15, 0.2) is 0 Å². The van der Waals surface area contributed by atoms with E-state index in [-0.39, 0.29) is 0 Å². The number of nitrogens with zero attached hydrogens (tertiary/aromatic N) is 4. The van der Waals surface area contributed by atoms with E-state index >= 15 is 0 Å². The molecule has 0 fully saturated rings. The van der Waals surface area contributed by atoms with E-state index in [0.29, 0.717) is 0 Å². The van der Waals surface area contributed by atoms with E-state index in [2.05, 4.69) is 202 Å². The molecular formula is C53H34N4. The van der Waals surface area contributed by atoms with Crippen LogP contribution in [0.5, 0.6) is 0 Å². The Kier molecular flexibility index (Phi) is 6.81. The largest absolute Gasteiger partial charge is 0.309 e. The monoisotopic (exact) mass is 726 g/mol. The van der Waals surface area contributed by atoms with E-state index in [1.165, 1.54) is 77.2 Å². The predicted molar refractivity (Wildman–Crippen MR) is 233 cm³/mol. The van der Waals surface area contributed by atoms with Crippen molar-refractivity contribution in [1.82, 2.24) is 19.1 Å². The zero-order chi connectivity index (χ0) is 37.5. The van der Waals surface area contributed by atoms with Crippen LogP contribution >= 0.6 is 0 Å². The van der Waals surface area contributed by atoms with Crippen molar-refractivity contribution < 1.29 is 0 Å². The molecular weight excluding hydrogens is 693 g/mol. The minimum Gasteiger partial charge on any atom is -0.309 e. The first-order valence-corrected chi connectivity index (χ1v) is 19.5. The summed E-state index contributed by atoms with van der Waals surface area (Å²) in [5.74, 6) is 0. The van der Waals surface area contributed by atoms with Gasteiger partial charge >= 0.3 is 0 Å². The van der Waals surface area contributed by atoms with Gasteiger partial charge in [0.2, 0.25) is 0 Å². The second kappa shape index (κ2) is 12.2. The molecule has 266 valence electrons. The normalized spacial score (nSPS) is 13.1. The van der Waals surface area contributed by atoms with Gasteiger partial charge in [0.05, 0.1) is 27.5 Å². The van der Waals surface area contributed by atoms with Gasteiger partial charge in [0.1, 0.15) is 0 Å². The summed E-state index contributed by atoms with van der Waals surface area (Å²) in [5.41, 5.74) is 16.3. The summed E-state index contributed by atoms with van der Waals surface area (Å²) in [5, 5.41) is 4.86. The molecule has 4 nitrogen and oxygen atoms in total. The van der Waals surface area contributed by atoms with Gasteiger partial charge in [-0.05, 0) is 93.5 Å². The summed E-state index contributed by atoms with van der Waals surface area (Å²) >= 11 is 0. The summed E-state index contributed by atoms with van der Waals surface area (Å²) in [7, 11) is 0. The lowest BCUT2D eigenvalue weighted by molar-refractivity contribution is 0.767. The van der Waals surface area contributed by atoms with Crippen LogP contribution < -0.4 is 0 Å². The smallest absolute Gasteiger partial charge is 0.0714 e. The molecule has 1 aliphatic rings. The molecule has 0 spiro atoms. The highest BCUT2D eigenvalue weighted by Crippen LogP contribution is 2.58. The third-order valence-electron chi connectivity index (χ3n) is 12.2. The van der Waals surface area contributed by atoms with Gasteiger partial charge in [-0.3, -0.25) is 9.97 Å². The van der Waals surface area contributed by atoms with Crippen molar-refractivity contribution in [3.63, 3.8) is 0 Å². The van der Waals surface area contributed by atoms with Crippen LogP contribution in [0.1, 0.15) is 22.3 Å². The lowest BCUT2D eigenvalue weighted by atomic mass is 9.68. The third kappa shape index (κ3) is 4.44. The average molecular weight is 727 g/mol. The van der Waals surface area contributed by atoms with E-state index in [1.807, 2.05) is 18.6 Å². The Morgan fingerprint density at radius 3 is 1.56 bits per heavy atom. The lowest BCUT2D eigenvalue weighted by Gasteiger charge is -2.33. The number of para-hydroxylation sites is 2. The van der Waals surface area contributed by atoms with Crippen molar-refractivity contribution in [2.45, 2.75) is 5.41 Å². The molecule has 7 aromatic carbocycles. The summed E-state index contributed by atoms with van der Waals surface area (Å²) < 4.78 is 4.76. The lowest BCUT2D eigenvalue weighted by Crippen LogP contribution is -2.28. The van der Waals surface area contributed by atoms with Crippen molar-refractivity contribution in [1.29, 1.82) is 0 Å². The van der Waals surface area contributed by atoms with Crippen LogP contribution in [-0.2, 0) is 5.41 Å². The van der Waals surface area contributed by atoms with Crippen molar-refractivity contribution in [2.75, 3.05) is 0 Å². The first kappa shape index (κ1) is 31.8. The molecule has 0 atom stereocenters. The Bertz CT molecular complexity index is 3230. The van der Waals surface area contributed by atoms with Crippen LogP contribution in [0.4, 0.5) is 0 Å². The van der Waals surface area contributed by atoms with Crippen molar-refractivity contribution in [3.8, 4) is 33.6 Å². The van der Waals surface area contributed by atoms with Crippen LogP contribution in [0, 0.1) is 0 Å². The predicted octanol–water partition coefficient (Wildman–Crippen LogP) is 12.7. The van der Waals surface area contributed by atoms with Crippen LogP contribution in [0.2, 0.25) is 0 Å². The molecule has 0 saturated heterocycles. The molecule has 0 N–H and O–H groups in total. The van der Waals surface area contributed by atoms with Crippen molar-refractivity contribution >= 4 is 43.6 Å². The third-order valence-corrected chi connectivity index (χ3v) is 12.2. The summed E-state index contributed by atoms with van der Waals surface area (Å²) in [4.78, 5) is 9.15. The quantitative estimate of drug-likeness (QED) is 0.177. The first-order chi connectivity index (χ1) is 28.3. The fraction of sp³-hybridized carbons (Fsp3) is 0.0189. The van der Waals surface area contributed by atoms with Crippen molar-refractivity contribution in [3.05, 3.63) is 229 Å². The molecule has 12 rings (SSSR count). The maximum Gasteiger partial charge on any atom is 0.0714 e. The number of fused-ring (bicyclic) bond motifs is 10. The van der Waals surface area contributed by atoms with Gasteiger partial charge in [0, 0.05) is 63.3 Å². The Morgan fingerprint density at radius 1 is 0.368 bits per heavy atom. The maximum absolute atomic E-state index is 4.73. The Hall–Kier alpha value is -7.56. The molecule has 11 aromatic rings. The summed E-state index contributed by atoms with van der Waals surface area (Å²) in [6.45, 7) is 0. The number of aromatic nitrogens is 4. The Morgan fingerprint density at radius 2 is 0.895 bits per heavy atom. The van der Waals surface area contributed by atoms with E-state index in [4.69, 9.17) is 4.98 Å². The number of pyridine rings is 2. The van der Waals surface area contributed by atoms with Crippen LogP contribution in [0.3, 0.4) is 0 Å². The van der Waals surface area contributed by atoms with Gasteiger partial charge in [0.25, 0.3) is 0 Å². The second-order valence-corrected chi connectivity index (χ2v) is 15.0. The molecule has 4 aromatic heterocycles. The van der Waals surface area contributed by atoms with Crippen LogP contribution in [0.25, 0.3) is 77.2 Å².